The van der Waals surface area contributed by atoms with Crippen molar-refractivity contribution in [3.05, 3.63) is 23.8 Å². The molecule has 1 amide bonds. The normalized spacial score (nSPS) is 26.5. The molecule has 1 aromatic carbocycles. The van der Waals surface area contributed by atoms with Gasteiger partial charge in [0.25, 0.3) is 0 Å². The van der Waals surface area contributed by atoms with E-state index in [2.05, 4.69) is 10.2 Å². The van der Waals surface area contributed by atoms with Crippen molar-refractivity contribution in [1.29, 1.82) is 0 Å². The summed E-state index contributed by atoms with van der Waals surface area (Å²) in [4.78, 5) is 15.0. The molecule has 2 unspecified atom stereocenters. The molecule has 1 N–H and O–H groups in total. The van der Waals surface area contributed by atoms with Crippen LogP contribution in [0.2, 0.25) is 0 Å². The number of carbonyl (C=O) groups excluding carboxylic acids is 1. The first-order valence-electron chi connectivity index (χ1n) is 10.8. The summed E-state index contributed by atoms with van der Waals surface area (Å²) < 4.78 is 37.7. The van der Waals surface area contributed by atoms with Gasteiger partial charge >= 0.3 is 0 Å². The zero-order chi connectivity index (χ0) is 21.1. The molecule has 0 aromatic heterocycles. The maximum absolute atomic E-state index is 12.7. The third-order valence-electron chi connectivity index (χ3n) is 6.21. The number of hydrogen-bond acceptors (Lipinski definition) is 6. The molecule has 1 aromatic rings. The zero-order valence-electron chi connectivity index (χ0n) is 17.5. The van der Waals surface area contributed by atoms with E-state index in [1.165, 1.54) is 6.26 Å². The minimum Gasteiger partial charge on any atom is -0.486 e. The fourth-order valence-electron chi connectivity index (χ4n) is 4.80. The van der Waals surface area contributed by atoms with Gasteiger partial charge in [0, 0.05) is 32.2 Å². The lowest BCUT2D eigenvalue weighted by atomic mass is 10.0. The predicted octanol–water partition coefficient (Wildman–Crippen LogP) is 1.21. The number of nitrogens with one attached hydrogen (secondary N) is 1. The lowest BCUT2D eigenvalue weighted by Crippen LogP contribution is -2.47. The highest BCUT2D eigenvalue weighted by molar-refractivity contribution is 7.88. The smallest absolute Gasteiger partial charge is 0.224 e. The monoisotopic (exact) mass is 437 g/mol. The number of amides is 1. The fourth-order valence-corrected chi connectivity index (χ4v) is 6.01. The Labute approximate surface area is 178 Å². The van der Waals surface area contributed by atoms with Crippen LogP contribution in [0.3, 0.4) is 0 Å². The first-order valence-corrected chi connectivity index (χ1v) is 12.6. The highest BCUT2D eigenvalue weighted by atomic mass is 32.2. The summed E-state index contributed by atoms with van der Waals surface area (Å²) in [6.07, 6.45) is 4.39. The lowest BCUT2D eigenvalue weighted by Gasteiger charge is -2.30. The first kappa shape index (κ1) is 21.4. The molecule has 2 aliphatic heterocycles. The van der Waals surface area contributed by atoms with Crippen LogP contribution in [-0.4, -0.2) is 75.2 Å². The van der Waals surface area contributed by atoms with Crippen LogP contribution in [0.1, 0.15) is 31.2 Å². The number of ether oxygens (including phenoxy) is 2. The van der Waals surface area contributed by atoms with Gasteiger partial charge in [-0.3, -0.25) is 9.69 Å². The van der Waals surface area contributed by atoms with Crippen LogP contribution in [0, 0.1) is 5.92 Å². The Hall–Kier alpha value is -1.84. The van der Waals surface area contributed by atoms with Crippen molar-refractivity contribution < 1.29 is 22.7 Å². The highest BCUT2D eigenvalue weighted by Gasteiger charge is 2.40. The van der Waals surface area contributed by atoms with Crippen LogP contribution < -0.4 is 14.8 Å². The Kier molecular flexibility index (Phi) is 6.50. The molecule has 8 nitrogen and oxygen atoms in total. The maximum atomic E-state index is 12.7. The van der Waals surface area contributed by atoms with E-state index in [4.69, 9.17) is 9.47 Å². The summed E-state index contributed by atoms with van der Waals surface area (Å²) in [7, 11) is -3.37. The molecule has 1 aliphatic carbocycles. The van der Waals surface area contributed by atoms with E-state index in [-0.39, 0.29) is 17.9 Å². The van der Waals surface area contributed by atoms with Crippen molar-refractivity contribution in [2.45, 2.75) is 38.3 Å². The van der Waals surface area contributed by atoms with Crippen LogP contribution in [0.4, 0.5) is 0 Å². The molecular formula is C21H31N3O5S. The van der Waals surface area contributed by atoms with Gasteiger partial charge in [0.1, 0.15) is 13.2 Å². The van der Waals surface area contributed by atoms with Gasteiger partial charge in [-0.25, -0.2) is 8.42 Å². The predicted molar refractivity (Wildman–Crippen MR) is 113 cm³/mol. The second kappa shape index (κ2) is 9.11. The van der Waals surface area contributed by atoms with Crippen molar-refractivity contribution in [3.8, 4) is 11.5 Å². The molecule has 4 rings (SSSR count). The van der Waals surface area contributed by atoms with Crippen LogP contribution >= 0.6 is 0 Å². The van der Waals surface area contributed by atoms with Crippen molar-refractivity contribution in [3.63, 3.8) is 0 Å². The number of sulfonamides is 1. The average molecular weight is 438 g/mol. The SMILES string of the molecule is CS(=O)(=O)N1CCCN(Cc2ccc3c(c2)OCCO3)CCNC(=O)C2CCCC21. The summed E-state index contributed by atoms with van der Waals surface area (Å²) in [5.41, 5.74) is 1.11. The standard InChI is InChI=1S/C21H31N3O5S/c1-30(26,27)24-10-3-9-23(11-8-22-21(25)17-4-2-5-18(17)24)15-16-6-7-19-20(14-16)29-13-12-28-19/h6-7,14,17-18H,2-5,8-13,15H2,1H3,(H,22,25). The number of benzene rings is 1. The third kappa shape index (κ3) is 4.90. The number of carbonyl (C=O) groups is 1. The van der Waals surface area contributed by atoms with Crippen LogP contribution in [-0.2, 0) is 21.4 Å². The molecule has 2 atom stereocenters. The van der Waals surface area contributed by atoms with Crippen molar-refractivity contribution in [2.75, 3.05) is 45.6 Å². The molecule has 0 spiro atoms. The van der Waals surface area contributed by atoms with Crippen molar-refractivity contribution in [1.82, 2.24) is 14.5 Å². The molecule has 30 heavy (non-hydrogen) atoms. The number of nitrogens with zero attached hydrogens (tertiary/aromatic N) is 2. The minimum absolute atomic E-state index is 0.0210. The third-order valence-corrected chi connectivity index (χ3v) is 7.51. The van der Waals surface area contributed by atoms with Gasteiger partial charge in [-0.15, -0.1) is 0 Å². The Bertz CT molecular complexity index is 875. The summed E-state index contributed by atoms with van der Waals surface area (Å²) in [6, 6.07) is 5.75. The van der Waals surface area contributed by atoms with Gasteiger partial charge in [-0.2, -0.15) is 4.31 Å². The molecule has 2 fully saturated rings. The van der Waals surface area contributed by atoms with Gasteiger partial charge in [0.15, 0.2) is 11.5 Å². The Morgan fingerprint density at radius 1 is 1.07 bits per heavy atom. The largest absolute Gasteiger partial charge is 0.486 e. The van der Waals surface area contributed by atoms with E-state index >= 15 is 0 Å². The zero-order valence-corrected chi connectivity index (χ0v) is 18.3. The summed E-state index contributed by atoms with van der Waals surface area (Å²) in [5, 5.41) is 3.04. The fraction of sp³-hybridized carbons (Fsp3) is 0.667. The lowest BCUT2D eigenvalue weighted by molar-refractivity contribution is -0.125. The molecule has 1 saturated carbocycles. The van der Waals surface area contributed by atoms with Gasteiger partial charge in [0.2, 0.25) is 15.9 Å². The van der Waals surface area contributed by atoms with Gasteiger partial charge in [0.05, 0.1) is 12.2 Å². The van der Waals surface area contributed by atoms with Crippen LogP contribution in [0.15, 0.2) is 18.2 Å². The maximum Gasteiger partial charge on any atom is 0.224 e. The Morgan fingerprint density at radius 3 is 2.67 bits per heavy atom. The first-order chi connectivity index (χ1) is 14.4. The van der Waals surface area contributed by atoms with E-state index in [1.54, 1.807) is 4.31 Å². The van der Waals surface area contributed by atoms with E-state index < -0.39 is 10.0 Å². The Balaban J connectivity index is 1.47. The van der Waals surface area contributed by atoms with E-state index in [0.29, 0.717) is 32.8 Å². The quantitative estimate of drug-likeness (QED) is 0.765. The summed E-state index contributed by atoms with van der Waals surface area (Å²) >= 11 is 0. The molecule has 2 heterocycles. The molecule has 9 heteroatoms. The summed E-state index contributed by atoms with van der Waals surface area (Å²) in [5.74, 6) is 1.27. The minimum atomic E-state index is -3.37. The molecular weight excluding hydrogens is 406 g/mol. The van der Waals surface area contributed by atoms with Gasteiger partial charge < -0.3 is 14.8 Å². The molecule has 1 saturated heterocycles. The molecule has 0 radical (unpaired) electrons. The molecule has 3 aliphatic rings. The number of fused-ring (bicyclic) bond motifs is 2. The van der Waals surface area contributed by atoms with Gasteiger partial charge in [-0.1, -0.05) is 12.5 Å². The average Bonchev–Trinajstić information content (AvgIpc) is 3.18. The molecule has 0 bridgehead atoms. The van der Waals surface area contributed by atoms with Crippen LogP contribution in [0.5, 0.6) is 11.5 Å². The summed E-state index contributed by atoms with van der Waals surface area (Å²) in [6.45, 7) is 4.31. The molecule has 166 valence electrons. The van der Waals surface area contributed by atoms with E-state index in [9.17, 15) is 13.2 Å². The van der Waals surface area contributed by atoms with Gasteiger partial charge in [-0.05, 0) is 43.5 Å². The van der Waals surface area contributed by atoms with E-state index in [1.807, 2.05) is 18.2 Å². The van der Waals surface area contributed by atoms with Crippen molar-refractivity contribution >= 4 is 15.9 Å². The topological polar surface area (TPSA) is 88.2 Å². The number of hydrogen-bond donors (Lipinski definition) is 1. The Morgan fingerprint density at radius 2 is 1.87 bits per heavy atom. The number of rotatable bonds is 3. The van der Waals surface area contributed by atoms with E-state index in [0.717, 1.165) is 55.8 Å². The highest BCUT2D eigenvalue weighted by Crippen LogP contribution is 2.33. The van der Waals surface area contributed by atoms with Crippen molar-refractivity contribution in [2.24, 2.45) is 5.92 Å². The van der Waals surface area contributed by atoms with Crippen LogP contribution in [0.25, 0.3) is 0 Å². The second-order valence-corrected chi connectivity index (χ2v) is 10.3. The second-order valence-electron chi connectivity index (χ2n) is 8.38.